The summed E-state index contributed by atoms with van der Waals surface area (Å²) in [5, 5.41) is 1.90. The lowest BCUT2D eigenvalue weighted by Gasteiger charge is -1.96. The number of hydrogen-bond acceptors (Lipinski definition) is 4. The number of ketones is 1. The van der Waals surface area contributed by atoms with E-state index in [1.165, 1.54) is 17.7 Å². The van der Waals surface area contributed by atoms with E-state index < -0.39 is 0 Å². The maximum absolute atomic E-state index is 11.6. The van der Waals surface area contributed by atoms with Crippen LogP contribution in [0.25, 0.3) is 0 Å². The summed E-state index contributed by atoms with van der Waals surface area (Å²) in [5.41, 5.74) is 0.762. The summed E-state index contributed by atoms with van der Waals surface area (Å²) in [5.74, 6) is 0.110. The van der Waals surface area contributed by atoms with E-state index in [0.717, 1.165) is 10.6 Å². The quantitative estimate of drug-likeness (QED) is 0.718. The van der Waals surface area contributed by atoms with Gasteiger partial charge in [-0.05, 0) is 17.5 Å². The molecule has 2 heterocycles. The standard InChI is InChI=1S/C10H8N2OS/c13-9(10-2-1-5-14-10)6-8-3-4-11-7-12-8/h1-5,7H,6H2. The number of thiophene rings is 1. The summed E-state index contributed by atoms with van der Waals surface area (Å²) in [6, 6.07) is 5.46. The first kappa shape index (κ1) is 9.02. The second-order valence-corrected chi connectivity index (χ2v) is 3.73. The van der Waals surface area contributed by atoms with Gasteiger partial charge in [0, 0.05) is 6.20 Å². The maximum Gasteiger partial charge on any atom is 0.178 e. The van der Waals surface area contributed by atoms with Gasteiger partial charge in [0.2, 0.25) is 0 Å². The van der Waals surface area contributed by atoms with Crippen LogP contribution in [-0.2, 0) is 6.42 Å². The van der Waals surface area contributed by atoms with Crippen molar-refractivity contribution in [1.29, 1.82) is 0 Å². The lowest BCUT2D eigenvalue weighted by Crippen LogP contribution is -2.02. The van der Waals surface area contributed by atoms with Gasteiger partial charge >= 0.3 is 0 Å². The summed E-state index contributed by atoms with van der Waals surface area (Å²) in [6.45, 7) is 0. The van der Waals surface area contributed by atoms with Crippen LogP contribution in [0, 0.1) is 0 Å². The van der Waals surface area contributed by atoms with E-state index in [4.69, 9.17) is 0 Å². The average molecular weight is 204 g/mol. The highest BCUT2D eigenvalue weighted by molar-refractivity contribution is 7.12. The van der Waals surface area contributed by atoms with Crippen LogP contribution in [0.1, 0.15) is 15.4 Å². The molecule has 0 atom stereocenters. The van der Waals surface area contributed by atoms with E-state index in [1.54, 1.807) is 12.3 Å². The van der Waals surface area contributed by atoms with Crippen LogP contribution in [0.4, 0.5) is 0 Å². The molecule has 0 N–H and O–H groups in total. The van der Waals surface area contributed by atoms with Crippen molar-refractivity contribution in [2.24, 2.45) is 0 Å². The number of Topliss-reactive ketones (excluding diaryl/α,β-unsaturated/α-hetero) is 1. The highest BCUT2D eigenvalue weighted by atomic mass is 32.1. The minimum absolute atomic E-state index is 0.110. The third-order valence-corrected chi connectivity index (χ3v) is 2.69. The number of hydrogen-bond donors (Lipinski definition) is 0. The molecule has 0 bridgehead atoms. The van der Waals surface area contributed by atoms with Gasteiger partial charge in [0.1, 0.15) is 6.33 Å². The summed E-state index contributed by atoms with van der Waals surface area (Å²) >= 11 is 1.46. The van der Waals surface area contributed by atoms with Crippen molar-refractivity contribution in [1.82, 2.24) is 9.97 Å². The zero-order valence-corrected chi connectivity index (χ0v) is 8.20. The highest BCUT2D eigenvalue weighted by Gasteiger charge is 2.07. The molecule has 2 aromatic rings. The van der Waals surface area contributed by atoms with E-state index in [0.29, 0.717) is 6.42 Å². The minimum Gasteiger partial charge on any atom is -0.293 e. The van der Waals surface area contributed by atoms with Gasteiger partial charge in [-0.25, -0.2) is 9.97 Å². The van der Waals surface area contributed by atoms with Gasteiger partial charge in [-0.2, -0.15) is 0 Å². The Bertz CT molecular complexity index is 411. The molecule has 4 heteroatoms. The molecule has 0 unspecified atom stereocenters. The largest absolute Gasteiger partial charge is 0.293 e. The molecule has 2 rings (SSSR count). The van der Waals surface area contributed by atoms with Gasteiger partial charge in [-0.15, -0.1) is 11.3 Å². The fourth-order valence-corrected chi connectivity index (χ4v) is 1.78. The van der Waals surface area contributed by atoms with Gasteiger partial charge < -0.3 is 0 Å². The molecule has 0 aliphatic carbocycles. The molecule has 0 aliphatic heterocycles. The Morgan fingerprint density at radius 1 is 1.43 bits per heavy atom. The number of rotatable bonds is 3. The molecule has 14 heavy (non-hydrogen) atoms. The predicted molar refractivity (Wildman–Crippen MR) is 54.4 cm³/mol. The Morgan fingerprint density at radius 2 is 2.36 bits per heavy atom. The van der Waals surface area contributed by atoms with Crippen molar-refractivity contribution in [3.05, 3.63) is 46.7 Å². The predicted octanol–water partition coefficient (Wildman–Crippen LogP) is 1.96. The van der Waals surface area contributed by atoms with E-state index in [9.17, 15) is 4.79 Å². The molecule has 0 aliphatic rings. The van der Waals surface area contributed by atoms with Crippen LogP contribution in [-0.4, -0.2) is 15.8 Å². The van der Waals surface area contributed by atoms with Crippen molar-refractivity contribution in [2.75, 3.05) is 0 Å². The van der Waals surface area contributed by atoms with Crippen molar-refractivity contribution in [3.8, 4) is 0 Å². The number of aromatic nitrogens is 2. The van der Waals surface area contributed by atoms with E-state index >= 15 is 0 Å². The van der Waals surface area contributed by atoms with E-state index in [-0.39, 0.29) is 5.78 Å². The Hall–Kier alpha value is -1.55. The normalized spacial score (nSPS) is 10.0. The first-order valence-corrected chi connectivity index (χ1v) is 5.06. The molecule has 0 radical (unpaired) electrons. The lowest BCUT2D eigenvalue weighted by atomic mass is 10.2. The van der Waals surface area contributed by atoms with E-state index in [2.05, 4.69) is 9.97 Å². The molecule has 3 nitrogen and oxygen atoms in total. The first-order chi connectivity index (χ1) is 6.86. The number of carbonyl (C=O) groups is 1. The maximum atomic E-state index is 11.6. The molecule has 70 valence electrons. The summed E-state index contributed by atoms with van der Waals surface area (Å²) in [6.07, 6.45) is 3.45. The third-order valence-electron chi connectivity index (χ3n) is 1.78. The van der Waals surface area contributed by atoms with Crippen LogP contribution in [0.3, 0.4) is 0 Å². The second-order valence-electron chi connectivity index (χ2n) is 2.78. The molecule has 0 saturated heterocycles. The Kier molecular flexibility index (Phi) is 2.65. The summed E-state index contributed by atoms with van der Waals surface area (Å²) < 4.78 is 0. The topological polar surface area (TPSA) is 42.9 Å². The fraction of sp³-hybridized carbons (Fsp3) is 0.100. The number of nitrogens with zero attached hydrogens (tertiary/aromatic N) is 2. The van der Waals surface area contributed by atoms with Crippen molar-refractivity contribution >= 4 is 17.1 Å². The summed E-state index contributed by atoms with van der Waals surface area (Å²) in [4.78, 5) is 20.2. The Balaban J connectivity index is 2.10. The second kappa shape index (κ2) is 4.11. The van der Waals surface area contributed by atoms with Crippen LogP contribution >= 0.6 is 11.3 Å². The van der Waals surface area contributed by atoms with Gasteiger partial charge in [0.15, 0.2) is 5.78 Å². The van der Waals surface area contributed by atoms with Crippen molar-refractivity contribution < 1.29 is 4.79 Å². The molecule has 2 aromatic heterocycles. The SMILES string of the molecule is O=C(Cc1ccncn1)c1cccs1. The Morgan fingerprint density at radius 3 is 3.00 bits per heavy atom. The zero-order chi connectivity index (χ0) is 9.80. The van der Waals surface area contributed by atoms with Crippen LogP contribution in [0.15, 0.2) is 36.1 Å². The molecule has 0 aromatic carbocycles. The van der Waals surface area contributed by atoms with E-state index in [1.807, 2.05) is 17.5 Å². The summed E-state index contributed by atoms with van der Waals surface area (Å²) in [7, 11) is 0. The minimum atomic E-state index is 0.110. The van der Waals surface area contributed by atoms with Crippen molar-refractivity contribution in [2.45, 2.75) is 6.42 Å². The Labute approximate surface area is 85.5 Å². The van der Waals surface area contributed by atoms with Gasteiger partial charge in [0.25, 0.3) is 0 Å². The average Bonchev–Trinajstić information content (AvgIpc) is 2.72. The molecule has 0 saturated carbocycles. The molecule has 0 amide bonds. The van der Waals surface area contributed by atoms with Gasteiger partial charge in [-0.1, -0.05) is 6.07 Å². The smallest absolute Gasteiger partial charge is 0.178 e. The van der Waals surface area contributed by atoms with Crippen LogP contribution < -0.4 is 0 Å². The molecule has 0 fully saturated rings. The van der Waals surface area contributed by atoms with Gasteiger partial charge in [-0.3, -0.25) is 4.79 Å². The van der Waals surface area contributed by atoms with Gasteiger partial charge in [0.05, 0.1) is 17.0 Å². The first-order valence-electron chi connectivity index (χ1n) is 4.18. The molecular formula is C10H8N2OS. The van der Waals surface area contributed by atoms with Crippen LogP contribution in [0.2, 0.25) is 0 Å². The molecular weight excluding hydrogens is 196 g/mol. The zero-order valence-electron chi connectivity index (χ0n) is 7.38. The number of carbonyl (C=O) groups excluding carboxylic acids is 1. The lowest BCUT2D eigenvalue weighted by molar-refractivity contribution is 0.0996. The van der Waals surface area contributed by atoms with Crippen molar-refractivity contribution in [3.63, 3.8) is 0 Å². The van der Waals surface area contributed by atoms with Crippen LogP contribution in [0.5, 0.6) is 0 Å². The monoisotopic (exact) mass is 204 g/mol. The molecule has 0 spiro atoms. The fourth-order valence-electron chi connectivity index (χ4n) is 1.11. The highest BCUT2D eigenvalue weighted by Crippen LogP contribution is 2.11. The third kappa shape index (κ3) is 2.03.